The SMILES string of the molecule is C1=CC2C(c3nc(-c4ccccc4)nc(-c4ccc5cc(-c6cc(-c7ccc8ccccc8c7)c7c(c6)oc6c8ccccc8c(-c8nc(-c9ccccc9)nc(-c9ccc(-c%10ccccc%10)cc9)n8)cc67)ccc5c4)n3)=Cc3c(oc4c3C(c3ccc(-c5ccc6ccccc6c5)cc3)=CCC4)C2C=C1. The first-order chi connectivity index (χ1) is 52.5. The van der Waals surface area contributed by atoms with Gasteiger partial charge in [0.25, 0.3) is 0 Å². The van der Waals surface area contributed by atoms with Crippen LogP contribution in [-0.2, 0) is 6.42 Å². The van der Waals surface area contributed by atoms with Gasteiger partial charge in [0.15, 0.2) is 34.9 Å². The molecule has 21 rings (SSSR count). The van der Waals surface area contributed by atoms with E-state index in [1.165, 1.54) is 32.9 Å². The molecule has 0 aliphatic heterocycles. The molecule has 106 heavy (non-hydrogen) atoms. The Morgan fingerprint density at radius 3 is 1.42 bits per heavy atom. The number of fused-ring (bicyclic) bond motifs is 13. The number of aryl methyl sites for hydroxylation is 1. The molecule has 2 unspecified atom stereocenters. The first-order valence-corrected chi connectivity index (χ1v) is 36.2. The van der Waals surface area contributed by atoms with E-state index in [1.807, 2.05) is 42.5 Å². The van der Waals surface area contributed by atoms with E-state index < -0.39 is 0 Å². The van der Waals surface area contributed by atoms with Gasteiger partial charge in [-0.15, -0.1) is 0 Å². The molecule has 2 atom stereocenters. The van der Waals surface area contributed by atoms with Crippen molar-refractivity contribution in [2.45, 2.75) is 18.8 Å². The lowest BCUT2D eigenvalue weighted by Crippen LogP contribution is -2.19. The number of nitrogens with zero attached hydrogens (tertiary/aromatic N) is 6. The smallest absolute Gasteiger partial charge is 0.164 e. The number of furan rings is 2. The molecule has 4 aromatic heterocycles. The maximum absolute atomic E-state index is 7.27. The summed E-state index contributed by atoms with van der Waals surface area (Å²) < 4.78 is 14.3. The van der Waals surface area contributed by atoms with Crippen molar-refractivity contribution in [1.82, 2.24) is 29.9 Å². The van der Waals surface area contributed by atoms with E-state index in [4.69, 9.17) is 38.7 Å². The Balaban J connectivity index is 0.670. The first-order valence-electron chi connectivity index (χ1n) is 36.2. The number of rotatable bonds is 11. The first kappa shape index (κ1) is 60.9. The van der Waals surface area contributed by atoms with Crippen molar-refractivity contribution in [1.29, 1.82) is 0 Å². The summed E-state index contributed by atoms with van der Waals surface area (Å²) in [5, 5.41) is 10.8. The van der Waals surface area contributed by atoms with Gasteiger partial charge in [-0.1, -0.05) is 291 Å². The number of aromatic nitrogens is 6. The zero-order chi connectivity index (χ0) is 69.8. The van der Waals surface area contributed by atoms with Gasteiger partial charge in [-0.05, 0) is 148 Å². The van der Waals surface area contributed by atoms with Crippen LogP contribution in [0.25, 0.3) is 184 Å². The number of benzene rings is 14. The molecule has 0 bridgehead atoms. The van der Waals surface area contributed by atoms with Crippen LogP contribution in [0.3, 0.4) is 0 Å². The lowest BCUT2D eigenvalue weighted by molar-refractivity contribution is 0.432. The van der Waals surface area contributed by atoms with E-state index in [0.29, 0.717) is 34.9 Å². The van der Waals surface area contributed by atoms with E-state index >= 15 is 0 Å². The van der Waals surface area contributed by atoms with Crippen molar-refractivity contribution >= 4 is 82.3 Å². The second kappa shape index (κ2) is 25.0. The van der Waals surface area contributed by atoms with Crippen molar-refractivity contribution in [2.24, 2.45) is 5.92 Å². The predicted octanol–water partition coefficient (Wildman–Crippen LogP) is 24.9. The third-order valence-corrected chi connectivity index (χ3v) is 21.6. The van der Waals surface area contributed by atoms with E-state index in [0.717, 1.165) is 157 Å². The molecule has 0 saturated carbocycles. The molecule has 0 N–H and O–H groups in total. The van der Waals surface area contributed by atoms with Crippen LogP contribution in [-0.4, -0.2) is 29.9 Å². The monoisotopic (exact) mass is 1350 g/mol. The van der Waals surface area contributed by atoms with E-state index in [9.17, 15) is 0 Å². The predicted molar refractivity (Wildman–Crippen MR) is 432 cm³/mol. The second-order valence-electron chi connectivity index (χ2n) is 27.9. The second-order valence-corrected chi connectivity index (χ2v) is 27.9. The van der Waals surface area contributed by atoms with Crippen molar-refractivity contribution in [3.63, 3.8) is 0 Å². The van der Waals surface area contributed by atoms with Gasteiger partial charge in [0, 0.05) is 78.9 Å². The Hall–Kier alpha value is -13.8. The molecular formula is C98H62N6O2. The molecule has 0 saturated heterocycles. The van der Waals surface area contributed by atoms with E-state index in [1.54, 1.807) is 0 Å². The van der Waals surface area contributed by atoms with Crippen LogP contribution in [0.4, 0.5) is 0 Å². The van der Waals surface area contributed by atoms with Gasteiger partial charge in [0.2, 0.25) is 0 Å². The molecule has 4 heterocycles. The largest absolute Gasteiger partial charge is 0.464 e. The van der Waals surface area contributed by atoms with Gasteiger partial charge in [-0.2, -0.15) is 0 Å². The third kappa shape index (κ3) is 10.6. The molecule has 0 amide bonds. The third-order valence-electron chi connectivity index (χ3n) is 21.6. The lowest BCUT2D eigenvalue weighted by Gasteiger charge is -2.29. The van der Waals surface area contributed by atoms with E-state index in [2.05, 4.69) is 297 Å². The quantitative estimate of drug-likeness (QED) is 0.126. The van der Waals surface area contributed by atoms with Crippen LogP contribution in [0.5, 0.6) is 0 Å². The summed E-state index contributed by atoms with van der Waals surface area (Å²) in [5.74, 6) is 5.51. The van der Waals surface area contributed by atoms with Gasteiger partial charge < -0.3 is 8.83 Å². The molecule has 18 aromatic rings. The highest BCUT2D eigenvalue weighted by molar-refractivity contribution is 6.23. The van der Waals surface area contributed by atoms with Crippen molar-refractivity contribution in [3.05, 3.63) is 368 Å². The summed E-state index contributed by atoms with van der Waals surface area (Å²) in [5.41, 5.74) is 20.5. The average Bonchev–Trinajstić information content (AvgIpc) is 1.45. The minimum absolute atomic E-state index is 0.0480. The normalized spacial score (nSPS) is 14.6. The molecule has 3 aliphatic carbocycles. The molecule has 8 nitrogen and oxygen atoms in total. The van der Waals surface area contributed by atoms with Crippen LogP contribution in [0, 0.1) is 5.92 Å². The Labute approximate surface area is 611 Å². The molecule has 0 fully saturated rings. The Morgan fingerprint density at radius 2 is 0.755 bits per heavy atom. The van der Waals surface area contributed by atoms with Crippen molar-refractivity contribution < 1.29 is 8.83 Å². The molecule has 14 aromatic carbocycles. The fourth-order valence-electron chi connectivity index (χ4n) is 16.3. The molecule has 8 heteroatoms. The van der Waals surface area contributed by atoms with Crippen LogP contribution >= 0.6 is 0 Å². The van der Waals surface area contributed by atoms with Crippen molar-refractivity contribution in [2.75, 3.05) is 0 Å². The lowest BCUT2D eigenvalue weighted by atomic mass is 9.74. The summed E-state index contributed by atoms with van der Waals surface area (Å²) in [6.07, 6.45) is 15.3. The number of hydrogen-bond acceptors (Lipinski definition) is 8. The highest BCUT2D eigenvalue weighted by Gasteiger charge is 2.39. The summed E-state index contributed by atoms with van der Waals surface area (Å²) in [7, 11) is 0. The van der Waals surface area contributed by atoms with Crippen LogP contribution in [0.15, 0.2) is 343 Å². The fourth-order valence-corrected chi connectivity index (χ4v) is 16.3. The Bertz CT molecular complexity index is 6750. The van der Waals surface area contributed by atoms with Gasteiger partial charge in [0.1, 0.15) is 22.7 Å². The zero-order valence-electron chi connectivity index (χ0n) is 57.4. The van der Waals surface area contributed by atoms with E-state index in [-0.39, 0.29) is 11.8 Å². The Morgan fingerprint density at radius 1 is 0.302 bits per heavy atom. The summed E-state index contributed by atoms with van der Waals surface area (Å²) in [6.45, 7) is 0. The van der Waals surface area contributed by atoms with Gasteiger partial charge in [0.05, 0.1) is 0 Å². The van der Waals surface area contributed by atoms with Crippen molar-refractivity contribution in [3.8, 4) is 101 Å². The average molecular weight is 1360 g/mol. The highest BCUT2D eigenvalue weighted by Crippen LogP contribution is 2.52. The highest BCUT2D eigenvalue weighted by atomic mass is 16.3. The number of allylic oxidation sites excluding steroid dienone is 6. The number of hydrogen-bond donors (Lipinski definition) is 0. The standard InChI is InChI=1S/C98H62N6O2/c1-4-19-59(20-5-1)62-37-43-67(44-38-62)95-99-93(65-23-6-2-7-24-65)101-97(103-95)84-58-86-90-82(74-49-40-61-22-11-13-28-69(61)53-74)55-76(56-88(90)106-92(86)81-32-17-15-30-79(81)84)73-47-46-72-54-75(50-48-71(72)52-73)96-100-94(66-25-8-3-9-26-66)102-98(104-96)83-57-85-89-77(33-18-34-87(89)105-91(85)80-31-16-14-29-78(80)83)64-41-35-63(36-42-64)70-45-39-60-21-10-12-27-68(60)51-70/h1-17,19-33,35-58,78,80H,18,34H2. The van der Waals surface area contributed by atoms with Gasteiger partial charge >= 0.3 is 0 Å². The van der Waals surface area contributed by atoms with Crippen LogP contribution in [0.2, 0.25) is 0 Å². The molecule has 0 spiro atoms. The fraction of sp³-hybridized carbons (Fsp3) is 0.0408. The Kier molecular flexibility index (Phi) is 14.4. The minimum Gasteiger partial charge on any atom is -0.464 e. The molecule has 3 aliphatic rings. The topological polar surface area (TPSA) is 104 Å². The molecular weight excluding hydrogens is 1290 g/mol. The zero-order valence-corrected chi connectivity index (χ0v) is 57.4. The molecule has 0 radical (unpaired) electrons. The molecule has 496 valence electrons. The minimum atomic E-state index is -0.0653. The maximum atomic E-state index is 7.27. The summed E-state index contributed by atoms with van der Waals surface area (Å²) in [6, 6.07) is 107. The van der Waals surface area contributed by atoms with Crippen LogP contribution < -0.4 is 0 Å². The van der Waals surface area contributed by atoms with Gasteiger partial charge in [-0.3, -0.25) is 0 Å². The maximum Gasteiger partial charge on any atom is 0.164 e. The summed E-state index contributed by atoms with van der Waals surface area (Å²) >= 11 is 0. The van der Waals surface area contributed by atoms with Crippen LogP contribution in [0.1, 0.15) is 46.4 Å². The van der Waals surface area contributed by atoms with Gasteiger partial charge in [-0.25, -0.2) is 29.9 Å². The summed E-state index contributed by atoms with van der Waals surface area (Å²) in [4.78, 5) is 32.0.